The molecule has 0 spiro atoms. The number of ether oxygens (including phenoxy) is 1. The van der Waals surface area contributed by atoms with Gasteiger partial charge in [0.25, 0.3) is 0 Å². The van der Waals surface area contributed by atoms with Crippen LogP contribution in [0, 0.1) is 7.43 Å². The van der Waals surface area contributed by atoms with Gasteiger partial charge < -0.3 is 4.74 Å². The monoisotopic (exact) mass is 127 g/mol. The van der Waals surface area contributed by atoms with Crippen LogP contribution in [0.15, 0.2) is 12.2 Å². The number of rotatable bonds is 0. The van der Waals surface area contributed by atoms with E-state index in [0.717, 1.165) is 0 Å². The van der Waals surface area contributed by atoms with E-state index in [1.165, 1.54) is 0 Å². The lowest BCUT2D eigenvalue weighted by molar-refractivity contribution is -0.151. The van der Waals surface area contributed by atoms with Gasteiger partial charge in [0, 0.05) is 5.57 Å². The molecule has 49 valence electrons. The smallest absolute Gasteiger partial charge is 0.341 e. The van der Waals surface area contributed by atoms with Crippen molar-refractivity contribution in [1.82, 2.24) is 0 Å². The molecule has 1 heterocycles. The summed E-state index contributed by atoms with van der Waals surface area (Å²) in [5.41, 5.74) is 0.245. The third-order valence-corrected chi connectivity index (χ3v) is 0.853. The van der Waals surface area contributed by atoms with Crippen LogP contribution in [0.1, 0.15) is 6.42 Å². The highest BCUT2D eigenvalue weighted by molar-refractivity contribution is 6.05. The van der Waals surface area contributed by atoms with Crippen LogP contribution >= 0.6 is 0 Å². The number of hydrogen-bond donors (Lipinski definition) is 0. The fraction of sp³-hybridized carbons (Fsp3) is 0.167. The zero-order valence-corrected chi connectivity index (χ0v) is 5.14. The molecule has 1 radical (unpaired) electrons. The van der Waals surface area contributed by atoms with Crippen molar-refractivity contribution >= 4 is 11.9 Å². The van der Waals surface area contributed by atoms with Crippen molar-refractivity contribution in [3.8, 4) is 0 Å². The lowest BCUT2D eigenvalue weighted by Gasteiger charge is -1.80. The maximum absolute atomic E-state index is 10.2. The van der Waals surface area contributed by atoms with Crippen LogP contribution in [0.4, 0.5) is 0 Å². The Bertz CT molecular complexity index is 151. The number of carbonyl (C=O) groups excluding carboxylic acids is 2. The van der Waals surface area contributed by atoms with E-state index in [1.807, 2.05) is 0 Å². The number of esters is 2. The predicted octanol–water partition coefficient (Wildman–Crippen LogP) is 0.466. The topological polar surface area (TPSA) is 43.4 Å². The summed E-state index contributed by atoms with van der Waals surface area (Å²) in [4.78, 5) is 20.4. The van der Waals surface area contributed by atoms with E-state index in [0.29, 0.717) is 0 Å². The van der Waals surface area contributed by atoms with Crippen LogP contribution in [0.25, 0.3) is 0 Å². The van der Waals surface area contributed by atoms with Crippen molar-refractivity contribution in [2.45, 2.75) is 6.42 Å². The lowest BCUT2D eigenvalue weighted by Crippen LogP contribution is -1.95. The molecule has 1 aliphatic heterocycles. The minimum atomic E-state index is -0.588. The molecule has 1 saturated heterocycles. The summed E-state index contributed by atoms with van der Waals surface area (Å²) in [6, 6.07) is 0. The highest BCUT2D eigenvalue weighted by Crippen LogP contribution is 2.10. The van der Waals surface area contributed by atoms with Crippen LogP contribution in [-0.4, -0.2) is 11.9 Å². The third kappa shape index (κ3) is 1.38. The Hall–Kier alpha value is -1.12. The van der Waals surface area contributed by atoms with Gasteiger partial charge in [-0.05, 0) is 0 Å². The first-order valence-electron chi connectivity index (χ1n) is 2.13. The van der Waals surface area contributed by atoms with Gasteiger partial charge in [0.05, 0.1) is 6.42 Å². The summed E-state index contributed by atoms with van der Waals surface area (Å²) < 4.78 is 4.10. The zero-order chi connectivity index (χ0) is 6.15. The van der Waals surface area contributed by atoms with Crippen molar-refractivity contribution in [3.63, 3.8) is 0 Å². The van der Waals surface area contributed by atoms with Gasteiger partial charge in [0.1, 0.15) is 0 Å². The first kappa shape index (κ1) is 7.88. The van der Waals surface area contributed by atoms with Crippen molar-refractivity contribution in [3.05, 3.63) is 19.6 Å². The highest BCUT2D eigenvalue weighted by Gasteiger charge is 2.24. The molecule has 1 rings (SSSR count). The summed E-state index contributed by atoms with van der Waals surface area (Å²) in [5.74, 6) is -1.09. The van der Waals surface area contributed by atoms with E-state index in [-0.39, 0.29) is 19.4 Å². The van der Waals surface area contributed by atoms with E-state index in [2.05, 4.69) is 11.3 Å². The highest BCUT2D eigenvalue weighted by atomic mass is 16.6. The van der Waals surface area contributed by atoms with Gasteiger partial charge in [-0.25, -0.2) is 4.79 Å². The summed E-state index contributed by atoms with van der Waals surface area (Å²) >= 11 is 0. The standard InChI is InChI=1S/C5H4O3.CH3/c1-3-2-4(6)8-5(3)7;/h1-2H2;1H3. The van der Waals surface area contributed by atoms with Gasteiger partial charge in [0.2, 0.25) is 0 Å². The molecular weight excluding hydrogens is 120 g/mol. The second kappa shape index (κ2) is 2.44. The van der Waals surface area contributed by atoms with Crippen LogP contribution in [0.5, 0.6) is 0 Å². The van der Waals surface area contributed by atoms with Crippen molar-refractivity contribution in [2.24, 2.45) is 0 Å². The van der Waals surface area contributed by atoms with E-state index in [9.17, 15) is 9.59 Å². The Balaban J connectivity index is 0.000000640. The second-order valence-corrected chi connectivity index (χ2v) is 1.54. The van der Waals surface area contributed by atoms with E-state index in [4.69, 9.17) is 0 Å². The molecular formula is C6H7O3. The molecule has 3 nitrogen and oxygen atoms in total. The molecule has 9 heavy (non-hydrogen) atoms. The number of hydrogen-bond acceptors (Lipinski definition) is 3. The van der Waals surface area contributed by atoms with Gasteiger partial charge in [0.15, 0.2) is 0 Å². The van der Waals surface area contributed by atoms with Gasteiger partial charge in [-0.3, -0.25) is 4.79 Å². The minimum Gasteiger partial charge on any atom is -0.389 e. The van der Waals surface area contributed by atoms with Gasteiger partial charge in [-0.15, -0.1) is 0 Å². The first-order chi connectivity index (χ1) is 3.70. The molecule has 1 fully saturated rings. The Kier molecular flexibility index (Phi) is 2.13. The molecule has 0 amide bonds. The molecule has 0 aromatic carbocycles. The average Bonchev–Trinajstić information content (AvgIpc) is 1.85. The average molecular weight is 127 g/mol. The van der Waals surface area contributed by atoms with E-state index >= 15 is 0 Å². The van der Waals surface area contributed by atoms with Gasteiger partial charge in [-0.2, -0.15) is 0 Å². The molecule has 0 N–H and O–H groups in total. The van der Waals surface area contributed by atoms with Crippen LogP contribution in [0.3, 0.4) is 0 Å². The number of carbonyl (C=O) groups is 2. The van der Waals surface area contributed by atoms with Gasteiger partial charge in [-0.1, -0.05) is 14.0 Å². The summed E-state index contributed by atoms with van der Waals surface area (Å²) in [5, 5.41) is 0. The van der Waals surface area contributed by atoms with Crippen LogP contribution in [-0.2, 0) is 14.3 Å². The van der Waals surface area contributed by atoms with E-state index in [1.54, 1.807) is 0 Å². The molecule has 0 aromatic rings. The molecule has 1 aliphatic rings. The normalized spacial score (nSPS) is 17.1. The molecule has 0 aliphatic carbocycles. The summed E-state index contributed by atoms with van der Waals surface area (Å²) in [6.07, 6.45) is 0.0544. The molecule has 0 atom stereocenters. The lowest BCUT2D eigenvalue weighted by atomic mass is 10.3. The Morgan fingerprint density at radius 1 is 1.44 bits per heavy atom. The molecule has 0 unspecified atom stereocenters. The molecule has 0 bridgehead atoms. The van der Waals surface area contributed by atoms with Crippen LogP contribution in [0.2, 0.25) is 0 Å². The minimum absolute atomic E-state index is 0. The van der Waals surface area contributed by atoms with E-state index < -0.39 is 11.9 Å². The van der Waals surface area contributed by atoms with Crippen molar-refractivity contribution in [1.29, 1.82) is 0 Å². The molecule has 0 aromatic heterocycles. The van der Waals surface area contributed by atoms with Crippen molar-refractivity contribution in [2.75, 3.05) is 0 Å². The zero-order valence-electron chi connectivity index (χ0n) is 5.14. The van der Waals surface area contributed by atoms with Crippen molar-refractivity contribution < 1.29 is 14.3 Å². The quantitative estimate of drug-likeness (QED) is 0.270. The van der Waals surface area contributed by atoms with Gasteiger partial charge >= 0.3 is 11.9 Å². The first-order valence-corrected chi connectivity index (χ1v) is 2.13. The fourth-order valence-electron chi connectivity index (χ4n) is 0.458. The fourth-order valence-corrected chi connectivity index (χ4v) is 0.458. The molecule has 3 heteroatoms. The summed E-state index contributed by atoms with van der Waals surface area (Å²) in [6.45, 7) is 3.29. The largest absolute Gasteiger partial charge is 0.389 e. The Morgan fingerprint density at radius 3 is 2.11 bits per heavy atom. The predicted molar refractivity (Wildman–Crippen MR) is 31.3 cm³/mol. The second-order valence-electron chi connectivity index (χ2n) is 1.54. The molecule has 0 saturated carbocycles. The maximum atomic E-state index is 10.2. The SMILES string of the molecule is C=C1CC(=O)OC1=O.[CH3]. The Morgan fingerprint density at radius 2 is 2.00 bits per heavy atom. The number of cyclic esters (lactones) is 2. The third-order valence-electron chi connectivity index (χ3n) is 0.853. The summed E-state index contributed by atoms with van der Waals surface area (Å²) in [7, 11) is 0. The maximum Gasteiger partial charge on any atom is 0.341 e. The van der Waals surface area contributed by atoms with Crippen LogP contribution < -0.4 is 0 Å². The Labute approximate surface area is 53.3 Å².